The normalized spacial score (nSPS) is 20.7. The number of morpholine rings is 1. The molecular weight excluding hydrogens is 332 g/mol. The molecule has 2 heterocycles. The van der Waals surface area contributed by atoms with Crippen molar-refractivity contribution in [2.75, 3.05) is 72.1 Å². The Morgan fingerprint density at radius 2 is 1.73 bits per heavy atom. The van der Waals surface area contributed by atoms with Crippen LogP contribution in [0.5, 0.6) is 0 Å². The molecule has 7 nitrogen and oxygen atoms in total. The maximum atomic E-state index is 12.7. The third-order valence-electron chi connectivity index (χ3n) is 5.19. The van der Waals surface area contributed by atoms with Gasteiger partial charge in [0.25, 0.3) is 0 Å². The Morgan fingerprint density at radius 3 is 2.27 bits per heavy atom. The largest absolute Gasteiger partial charge is 0.378 e. The summed E-state index contributed by atoms with van der Waals surface area (Å²) in [5.74, 6) is 0.345. The molecule has 0 spiro atoms. The van der Waals surface area contributed by atoms with E-state index in [9.17, 15) is 9.59 Å². The number of piperazine rings is 1. The third-order valence-corrected chi connectivity index (χ3v) is 5.19. The zero-order valence-corrected chi connectivity index (χ0v) is 16.6. The van der Waals surface area contributed by atoms with Crippen LogP contribution in [0.3, 0.4) is 0 Å². The highest BCUT2D eigenvalue weighted by Gasteiger charge is 2.29. The Labute approximate surface area is 157 Å². The lowest BCUT2D eigenvalue weighted by Gasteiger charge is -2.39. The molecule has 2 amide bonds. The molecular formula is C19H34N4O3. The van der Waals surface area contributed by atoms with Crippen LogP contribution in [0.25, 0.3) is 0 Å². The first-order valence-corrected chi connectivity index (χ1v) is 9.67. The fraction of sp³-hybridized carbons (Fsp3) is 0.789. The van der Waals surface area contributed by atoms with Crippen LogP contribution in [-0.2, 0) is 14.3 Å². The van der Waals surface area contributed by atoms with Crippen molar-refractivity contribution in [2.45, 2.75) is 26.8 Å². The number of rotatable bonds is 7. The van der Waals surface area contributed by atoms with Gasteiger partial charge in [0.1, 0.15) is 0 Å². The van der Waals surface area contributed by atoms with E-state index in [1.54, 1.807) is 0 Å². The summed E-state index contributed by atoms with van der Waals surface area (Å²) in [6, 6.07) is -0.133. The molecule has 0 N–H and O–H groups in total. The number of carbonyl (C=O) groups excluding carboxylic acids is 2. The second-order valence-corrected chi connectivity index (χ2v) is 7.29. The summed E-state index contributed by atoms with van der Waals surface area (Å²) >= 11 is 0. The lowest BCUT2D eigenvalue weighted by Crippen LogP contribution is -2.56. The topological polar surface area (TPSA) is 56.3 Å². The van der Waals surface area contributed by atoms with Crippen LogP contribution in [0.1, 0.15) is 20.8 Å². The molecule has 0 radical (unpaired) electrons. The highest BCUT2D eigenvalue weighted by molar-refractivity contribution is 5.81. The van der Waals surface area contributed by atoms with Gasteiger partial charge in [0, 0.05) is 52.4 Å². The quantitative estimate of drug-likeness (QED) is 0.606. The van der Waals surface area contributed by atoms with Crippen LogP contribution in [0, 0.1) is 0 Å². The van der Waals surface area contributed by atoms with Crippen molar-refractivity contribution in [3.05, 3.63) is 12.2 Å². The van der Waals surface area contributed by atoms with E-state index in [-0.39, 0.29) is 17.9 Å². The summed E-state index contributed by atoms with van der Waals surface area (Å²) in [5, 5.41) is 0. The second-order valence-electron chi connectivity index (χ2n) is 7.29. The molecule has 1 unspecified atom stereocenters. The number of hydrogen-bond acceptors (Lipinski definition) is 5. The maximum Gasteiger partial charge on any atom is 0.239 e. The summed E-state index contributed by atoms with van der Waals surface area (Å²) < 4.78 is 5.30. The minimum absolute atomic E-state index is 0.133. The van der Waals surface area contributed by atoms with Gasteiger partial charge < -0.3 is 14.5 Å². The van der Waals surface area contributed by atoms with E-state index in [0.29, 0.717) is 45.9 Å². The lowest BCUT2D eigenvalue weighted by molar-refractivity contribution is -0.139. The van der Waals surface area contributed by atoms with Crippen LogP contribution in [-0.4, -0.2) is 110 Å². The molecule has 0 saturated carbocycles. The number of carbonyl (C=O) groups is 2. The fourth-order valence-electron chi connectivity index (χ4n) is 3.50. The first-order chi connectivity index (χ1) is 12.4. The van der Waals surface area contributed by atoms with Crippen LogP contribution < -0.4 is 0 Å². The van der Waals surface area contributed by atoms with Crippen molar-refractivity contribution in [1.29, 1.82) is 0 Å². The molecule has 0 aromatic carbocycles. The summed E-state index contributed by atoms with van der Waals surface area (Å²) in [5.41, 5.74) is 0.999. The van der Waals surface area contributed by atoms with Gasteiger partial charge in [0.2, 0.25) is 11.8 Å². The van der Waals surface area contributed by atoms with Crippen LogP contribution >= 0.6 is 0 Å². The molecule has 7 heteroatoms. The maximum absolute atomic E-state index is 12.7. The van der Waals surface area contributed by atoms with Crippen molar-refractivity contribution in [2.24, 2.45) is 0 Å². The highest BCUT2D eigenvalue weighted by Crippen LogP contribution is 2.11. The number of amides is 2. The third kappa shape index (κ3) is 5.79. The van der Waals surface area contributed by atoms with Crippen LogP contribution in [0.15, 0.2) is 12.2 Å². The predicted octanol–water partition coefficient (Wildman–Crippen LogP) is 0.276. The van der Waals surface area contributed by atoms with E-state index in [0.717, 1.165) is 31.8 Å². The standard InChI is InChI=1S/C19H34N4O3/c1-5-21(14-16(2)3)19(25)17(4)22-8-6-20(7-9-22)15-18(24)23-10-12-26-13-11-23/h17H,2,5-15H2,1,3-4H3. The minimum Gasteiger partial charge on any atom is -0.378 e. The van der Waals surface area contributed by atoms with E-state index >= 15 is 0 Å². The smallest absolute Gasteiger partial charge is 0.239 e. The average Bonchev–Trinajstić information content (AvgIpc) is 2.66. The summed E-state index contributed by atoms with van der Waals surface area (Å²) in [6.07, 6.45) is 0. The molecule has 1 atom stereocenters. The van der Waals surface area contributed by atoms with Gasteiger partial charge in [-0.05, 0) is 20.8 Å². The number of likely N-dealkylation sites (N-methyl/N-ethyl adjacent to an activating group) is 1. The number of hydrogen-bond donors (Lipinski definition) is 0. The molecule has 2 fully saturated rings. The van der Waals surface area contributed by atoms with E-state index < -0.39 is 0 Å². The monoisotopic (exact) mass is 366 g/mol. The van der Waals surface area contributed by atoms with Gasteiger partial charge in [-0.1, -0.05) is 12.2 Å². The molecule has 26 heavy (non-hydrogen) atoms. The highest BCUT2D eigenvalue weighted by atomic mass is 16.5. The predicted molar refractivity (Wildman–Crippen MR) is 102 cm³/mol. The Balaban J connectivity index is 1.78. The van der Waals surface area contributed by atoms with Gasteiger partial charge in [-0.2, -0.15) is 0 Å². The second kappa shape index (κ2) is 10.0. The van der Waals surface area contributed by atoms with Crippen molar-refractivity contribution in [3.63, 3.8) is 0 Å². The Bertz CT molecular complexity index is 497. The van der Waals surface area contributed by atoms with E-state index in [2.05, 4.69) is 16.4 Å². The molecule has 0 aromatic heterocycles. The molecule has 2 aliphatic rings. The SMILES string of the molecule is C=C(C)CN(CC)C(=O)C(C)N1CCN(CC(=O)N2CCOCC2)CC1. The Morgan fingerprint density at radius 1 is 1.12 bits per heavy atom. The molecule has 2 aliphatic heterocycles. The van der Waals surface area contributed by atoms with Crippen molar-refractivity contribution in [1.82, 2.24) is 19.6 Å². The first-order valence-electron chi connectivity index (χ1n) is 9.67. The van der Waals surface area contributed by atoms with Crippen molar-refractivity contribution >= 4 is 11.8 Å². The van der Waals surface area contributed by atoms with Gasteiger partial charge in [-0.25, -0.2) is 0 Å². The van der Waals surface area contributed by atoms with E-state index in [4.69, 9.17) is 4.74 Å². The molecule has 0 bridgehead atoms. The van der Waals surface area contributed by atoms with Gasteiger partial charge >= 0.3 is 0 Å². The fourth-order valence-corrected chi connectivity index (χ4v) is 3.50. The summed E-state index contributed by atoms with van der Waals surface area (Å²) in [4.78, 5) is 33.3. The van der Waals surface area contributed by atoms with Crippen LogP contribution in [0.2, 0.25) is 0 Å². The zero-order valence-electron chi connectivity index (χ0n) is 16.6. The summed E-state index contributed by atoms with van der Waals surface area (Å²) in [7, 11) is 0. The number of ether oxygens (including phenoxy) is 1. The van der Waals surface area contributed by atoms with Crippen molar-refractivity contribution in [3.8, 4) is 0 Å². The Kier molecular flexibility index (Phi) is 8.06. The van der Waals surface area contributed by atoms with Gasteiger partial charge in [-0.3, -0.25) is 19.4 Å². The Hall–Kier alpha value is -1.44. The van der Waals surface area contributed by atoms with Crippen LogP contribution in [0.4, 0.5) is 0 Å². The number of nitrogens with zero attached hydrogens (tertiary/aromatic N) is 4. The molecule has 2 saturated heterocycles. The zero-order chi connectivity index (χ0) is 19.1. The van der Waals surface area contributed by atoms with Crippen molar-refractivity contribution < 1.29 is 14.3 Å². The first kappa shape index (κ1) is 20.9. The van der Waals surface area contributed by atoms with Gasteiger partial charge in [0.05, 0.1) is 25.8 Å². The van der Waals surface area contributed by atoms with E-state index in [1.807, 2.05) is 30.6 Å². The molecule has 0 aliphatic carbocycles. The van der Waals surface area contributed by atoms with Gasteiger partial charge in [-0.15, -0.1) is 0 Å². The molecule has 148 valence electrons. The molecule has 2 rings (SSSR count). The van der Waals surface area contributed by atoms with E-state index in [1.165, 1.54) is 0 Å². The minimum atomic E-state index is -0.133. The lowest BCUT2D eigenvalue weighted by atomic mass is 10.2. The average molecular weight is 367 g/mol. The molecule has 0 aromatic rings. The summed E-state index contributed by atoms with van der Waals surface area (Å²) in [6.45, 7) is 17.6. The van der Waals surface area contributed by atoms with Gasteiger partial charge in [0.15, 0.2) is 0 Å².